The molecule has 1 rings (SSSR count). The lowest BCUT2D eigenvalue weighted by Gasteiger charge is -2.28. The van der Waals surface area contributed by atoms with Crippen molar-refractivity contribution in [3.63, 3.8) is 0 Å². The average Bonchev–Trinajstić information content (AvgIpc) is 3.07. The fourth-order valence-electron chi connectivity index (χ4n) is 5.00. The molecule has 0 saturated carbocycles. The molecule has 1 aromatic rings. The van der Waals surface area contributed by atoms with Gasteiger partial charge in [-0.1, -0.05) is 84.0 Å². The molecular formula is C35H60N3O13P. The SMILES string of the molecule is CCCCCCCCCCCCCCCC(=O)OCC(COP(=O)([O-])OCC[N+](C)(C)C)OC(=O)CCCCOc1ccc([N+](=O)[O-])c([N+](=O)[O-])c1. The lowest BCUT2D eigenvalue weighted by Crippen LogP contribution is -2.37. The maximum absolute atomic E-state index is 12.6. The van der Waals surface area contributed by atoms with Crippen LogP contribution in [0.5, 0.6) is 5.75 Å². The molecule has 17 heteroatoms. The van der Waals surface area contributed by atoms with Gasteiger partial charge in [-0.05, 0) is 25.3 Å². The molecule has 0 aliphatic carbocycles. The Hall–Kier alpha value is -3.17. The Labute approximate surface area is 308 Å². The molecular weight excluding hydrogens is 701 g/mol. The first kappa shape index (κ1) is 46.9. The van der Waals surface area contributed by atoms with Gasteiger partial charge >= 0.3 is 23.3 Å². The number of hydrogen-bond donors (Lipinski definition) is 0. The van der Waals surface area contributed by atoms with Gasteiger partial charge in [0.2, 0.25) is 0 Å². The summed E-state index contributed by atoms with van der Waals surface area (Å²) in [6.07, 6.45) is 14.7. The van der Waals surface area contributed by atoms with E-state index in [4.69, 9.17) is 23.3 Å². The van der Waals surface area contributed by atoms with Crippen LogP contribution < -0.4 is 9.63 Å². The number of nitrogens with zero attached hydrogens (tertiary/aromatic N) is 3. The van der Waals surface area contributed by atoms with Crippen molar-refractivity contribution in [2.75, 3.05) is 54.1 Å². The summed E-state index contributed by atoms with van der Waals surface area (Å²) in [5.41, 5.74) is -1.36. The van der Waals surface area contributed by atoms with Crippen LogP contribution in [0.3, 0.4) is 0 Å². The summed E-state index contributed by atoms with van der Waals surface area (Å²) in [4.78, 5) is 57.7. The van der Waals surface area contributed by atoms with Crippen molar-refractivity contribution in [1.82, 2.24) is 0 Å². The third kappa shape index (κ3) is 24.1. The molecule has 0 radical (unpaired) electrons. The van der Waals surface area contributed by atoms with Crippen LogP contribution >= 0.6 is 7.82 Å². The molecule has 1 aromatic carbocycles. The zero-order chi connectivity index (χ0) is 38.8. The van der Waals surface area contributed by atoms with Crippen molar-refractivity contribution in [1.29, 1.82) is 0 Å². The van der Waals surface area contributed by atoms with Gasteiger partial charge in [-0.3, -0.25) is 34.4 Å². The lowest BCUT2D eigenvalue weighted by molar-refractivity contribution is -0.870. The number of phosphoric ester groups is 1. The zero-order valence-electron chi connectivity index (χ0n) is 31.5. The highest BCUT2D eigenvalue weighted by Gasteiger charge is 2.25. The summed E-state index contributed by atoms with van der Waals surface area (Å²) in [5.74, 6) is -1.13. The highest BCUT2D eigenvalue weighted by atomic mass is 31.2. The van der Waals surface area contributed by atoms with E-state index in [1.165, 1.54) is 63.9 Å². The number of unbranched alkanes of at least 4 members (excludes halogenated alkanes) is 13. The molecule has 0 bridgehead atoms. The molecule has 0 aliphatic rings. The Kier molecular flexibility index (Phi) is 23.9. The quantitative estimate of drug-likeness (QED) is 0.0178. The van der Waals surface area contributed by atoms with Crippen molar-refractivity contribution >= 4 is 31.1 Å². The smallest absolute Gasteiger partial charge is 0.349 e. The van der Waals surface area contributed by atoms with E-state index < -0.39 is 60.3 Å². The Morgan fingerprint density at radius 1 is 0.731 bits per heavy atom. The Bertz CT molecular complexity index is 1260. The standard InChI is InChI=1S/C35H60N3O13P/c1-5-6-7-8-9-10-11-12-13-14-15-16-17-20-34(39)48-28-31(29-50-52(45,46)49-26-24-38(2,3)4)51-35(40)21-18-19-25-47-30-22-23-32(36(41)42)33(27-30)37(43)44/h22-23,27,31H,5-21,24-26,28-29H2,1-4H3. The van der Waals surface area contributed by atoms with Crippen LogP contribution in [0.1, 0.15) is 116 Å². The van der Waals surface area contributed by atoms with E-state index in [-0.39, 0.29) is 38.2 Å². The van der Waals surface area contributed by atoms with E-state index in [1.807, 2.05) is 21.1 Å². The second kappa shape index (κ2) is 26.6. The van der Waals surface area contributed by atoms with Crippen LogP contribution in [0.15, 0.2) is 18.2 Å². The van der Waals surface area contributed by atoms with Gasteiger partial charge in [-0.25, -0.2) is 0 Å². The van der Waals surface area contributed by atoms with E-state index in [1.54, 1.807) is 0 Å². The molecule has 0 fully saturated rings. The van der Waals surface area contributed by atoms with Gasteiger partial charge in [-0.15, -0.1) is 0 Å². The second-order valence-corrected chi connectivity index (χ2v) is 15.3. The molecule has 0 spiro atoms. The third-order valence-electron chi connectivity index (χ3n) is 8.03. The summed E-state index contributed by atoms with van der Waals surface area (Å²) in [6, 6.07) is 3.18. The second-order valence-electron chi connectivity index (χ2n) is 13.8. The van der Waals surface area contributed by atoms with Crippen LogP contribution in [-0.4, -0.2) is 86.5 Å². The highest BCUT2D eigenvalue weighted by molar-refractivity contribution is 7.45. The number of likely N-dealkylation sites (N-methyl/N-ethyl adjacent to an activating group) is 1. The number of nitro benzene ring substituents is 2. The molecule has 2 atom stereocenters. The van der Waals surface area contributed by atoms with Crippen molar-refractivity contribution in [2.24, 2.45) is 0 Å². The zero-order valence-corrected chi connectivity index (χ0v) is 32.4. The topological polar surface area (TPSA) is 207 Å². The molecule has 0 N–H and O–H groups in total. The summed E-state index contributed by atoms with van der Waals surface area (Å²) in [5, 5.41) is 22.1. The third-order valence-corrected chi connectivity index (χ3v) is 8.99. The molecule has 2 unspecified atom stereocenters. The number of carbonyl (C=O) groups is 2. The van der Waals surface area contributed by atoms with Crippen molar-refractivity contribution in [3.05, 3.63) is 38.4 Å². The van der Waals surface area contributed by atoms with E-state index in [0.717, 1.165) is 31.4 Å². The number of esters is 2. The van der Waals surface area contributed by atoms with Crippen LogP contribution in [-0.2, 0) is 32.7 Å². The van der Waals surface area contributed by atoms with Gasteiger partial charge in [0, 0.05) is 18.9 Å². The van der Waals surface area contributed by atoms with Crippen molar-refractivity contribution in [3.8, 4) is 5.75 Å². The fraction of sp³-hybridized carbons (Fsp3) is 0.771. The molecule has 0 heterocycles. The number of hydrogen-bond acceptors (Lipinski definition) is 13. The van der Waals surface area contributed by atoms with Crippen LogP contribution in [0.4, 0.5) is 11.4 Å². The minimum atomic E-state index is -4.73. The molecule has 0 saturated heterocycles. The van der Waals surface area contributed by atoms with E-state index in [0.29, 0.717) is 23.9 Å². The Morgan fingerprint density at radius 3 is 1.83 bits per heavy atom. The van der Waals surface area contributed by atoms with Crippen molar-refractivity contribution < 1.29 is 56.6 Å². The minimum Gasteiger partial charge on any atom is -0.756 e. The number of ether oxygens (including phenoxy) is 3. The molecule has 0 aliphatic heterocycles. The van der Waals surface area contributed by atoms with Gasteiger partial charge in [0.15, 0.2) is 6.10 Å². The molecule has 16 nitrogen and oxygen atoms in total. The molecule has 0 aromatic heterocycles. The number of carbonyl (C=O) groups excluding carboxylic acids is 2. The lowest BCUT2D eigenvalue weighted by atomic mass is 10.0. The maximum Gasteiger partial charge on any atom is 0.349 e. The largest absolute Gasteiger partial charge is 0.756 e. The van der Waals surface area contributed by atoms with E-state index in [9.17, 15) is 39.3 Å². The summed E-state index contributed by atoms with van der Waals surface area (Å²) in [6.45, 7) is 1.55. The number of nitro groups is 2. The number of benzene rings is 1. The highest BCUT2D eigenvalue weighted by Crippen LogP contribution is 2.38. The van der Waals surface area contributed by atoms with Gasteiger partial charge in [0.05, 0.1) is 50.3 Å². The first-order valence-corrected chi connectivity index (χ1v) is 19.9. The summed E-state index contributed by atoms with van der Waals surface area (Å²) in [7, 11) is 0.879. The Morgan fingerprint density at radius 2 is 1.27 bits per heavy atom. The summed E-state index contributed by atoms with van der Waals surface area (Å²) >= 11 is 0. The number of quaternary nitrogens is 1. The predicted octanol–water partition coefficient (Wildman–Crippen LogP) is 7.20. The first-order valence-electron chi connectivity index (χ1n) is 18.4. The molecule has 0 amide bonds. The normalized spacial score (nSPS) is 13.2. The van der Waals surface area contributed by atoms with Gasteiger partial charge in [0.1, 0.15) is 25.5 Å². The maximum atomic E-state index is 12.6. The summed E-state index contributed by atoms with van der Waals surface area (Å²) < 4.78 is 38.8. The predicted molar refractivity (Wildman–Crippen MR) is 193 cm³/mol. The molecule has 298 valence electrons. The van der Waals surface area contributed by atoms with Crippen LogP contribution in [0.25, 0.3) is 0 Å². The van der Waals surface area contributed by atoms with E-state index in [2.05, 4.69) is 6.92 Å². The fourth-order valence-corrected chi connectivity index (χ4v) is 5.73. The van der Waals surface area contributed by atoms with Gasteiger partial charge in [-0.2, -0.15) is 0 Å². The minimum absolute atomic E-state index is 0.0512. The van der Waals surface area contributed by atoms with E-state index >= 15 is 0 Å². The molecule has 52 heavy (non-hydrogen) atoms. The number of rotatable bonds is 32. The van der Waals surface area contributed by atoms with Gasteiger partial charge < -0.3 is 32.6 Å². The van der Waals surface area contributed by atoms with Gasteiger partial charge in [0.25, 0.3) is 7.82 Å². The van der Waals surface area contributed by atoms with Crippen LogP contribution in [0, 0.1) is 20.2 Å². The van der Waals surface area contributed by atoms with Crippen molar-refractivity contribution in [2.45, 2.75) is 122 Å². The Balaban J connectivity index is 2.49. The monoisotopic (exact) mass is 761 g/mol. The average molecular weight is 762 g/mol. The van der Waals surface area contributed by atoms with Crippen LogP contribution in [0.2, 0.25) is 0 Å². The first-order chi connectivity index (χ1) is 24.6. The number of phosphoric acid groups is 1.